The second-order valence-corrected chi connectivity index (χ2v) is 7.92. The van der Waals surface area contributed by atoms with Gasteiger partial charge in [0.15, 0.2) is 0 Å². The number of pyridine rings is 1. The summed E-state index contributed by atoms with van der Waals surface area (Å²) in [6.07, 6.45) is 0. The SMILES string of the molecule is Cc1ccc(C(=O)NCCO)cc1-c1c(C)[nH]c(=O)c(Br)c1OCc1ccc(F)cc1F. The van der Waals surface area contributed by atoms with Crippen LogP contribution < -0.4 is 15.6 Å². The van der Waals surface area contributed by atoms with Gasteiger partial charge in [0.05, 0.1) is 6.61 Å². The van der Waals surface area contributed by atoms with Crippen molar-refractivity contribution in [3.63, 3.8) is 0 Å². The fourth-order valence-electron chi connectivity index (χ4n) is 3.22. The minimum Gasteiger partial charge on any atom is -0.487 e. The van der Waals surface area contributed by atoms with E-state index >= 15 is 0 Å². The number of carbonyl (C=O) groups is 1. The van der Waals surface area contributed by atoms with Gasteiger partial charge in [-0.05, 0) is 65.2 Å². The Kier molecular flexibility index (Phi) is 7.42. The number of hydrogen-bond donors (Lipinski definition) is 3. The minimum atomic E-state index is -0.761. The van der Waals surface area contributed by atoms with Gasteiger partial charge in [-0.3, -0.25) is 9.59 Å². The molecule has 0 fully saturated rings. The zero-order chi connectivity index (χ0) is 23.4. The molecule has 0 unspecified atom stereocenters. The van der Waals surface area contributed by atoms with E-state index < -0.39 is 17.2 Å². The third kappa shape index (κ3) is 5.05. The molecule has 0 saturated carbocycles. The van der Waals surface area contributed by atoms with Crippen LogP contribution in [0.15, 0.2) is 45.7 Å². The van der Waals surface area contributed by atoms with Gasteiger partial charge in [-0.15, -0.1) is 0 Å². The number of aromatic amines is 1. The predicted octanol–water partition coefficient (Wildman–Crippen LogP) is 4.00. The van der Waals surface area contributed by atoms with Gasteiger partial charge in [0.2, 0.25) is 0 Å². The number of aryl methyl sites for hydroxylation is 2. The van der Waals surface area contributed by atoms with E-state index in [4.69, 9.17) is 9.84 Å². The maximum Gasteiger partial charge on any atom is 0.266 e. The van der Waals surface area contributed by atoms with E-state index in [-0.39, 0.29) is 41.5 Å². The summed E-state index contributed by atoms with van der Waals surface area (Å²) in [5, 5.41) is 11.5. The Bertz CT molecular complexity index is 1230. The van der Waals surface area contributed by atoms with E-state index in [0.717, 1.165) is 17.7 Å². The fourth-order valence-corrected chi connectivity index (χ4v) is 3.64. The number of amides is 1. The van der Waals surface area contributed by atoms with Crippen LogP contribution in [-0.4, -0.2) is 29.1 Å². The van der Waals surface area contributed by atoms with Gasteiger partial charge in [-0.25, -0.2) is 8.78 Å². The van der Waals surface area contributed by atoms with E-state index in [0.29, 0.717) is 22.4 Å². The number of nitrogens with one attached hydrogen (secondary N) is 2. The zero-order valence-corrected chi connectivity index (χ0v) is 19.0. The Morgan fingerprint density at radius 1 is 1.19 bits per heavy atom. The lowest BCUT2D eigenvalue weighted by Gasteiger charge is -2.18. The summed E-state index contributed by atoms with van der Waals surface area (Å²) in [6, 6.07) is 8.22. The Morgan fingerprint density at radius 2 is 1.94 bits per heavy atom. The molecule has 32 heavy (non-hydrogen) atoms. The number of aliphatic hydroxyl groups excluding tert-OH is 1. The van der Waals surface area contributed by atoms with Gasteiger partial charge < -0.3 is 20.1 Å². The Hall–Kier alpha value is -3.04. The molecule has 1 aromatic heterocycles. The lowest BCUT2D eigenvalue weighted by atomic mass is 9.96. The molecule has 0 aliphatic rings. The molecule has 1 amide bonds. The number of carbonyl (C=O) groups excluding carboxylic acids is 1. The molecule has 3 rings (SSSR count). The Labute approximate surface area is 191 Å². The summed E-state index contributed by atoms with van der Waals surface area (Å²) in [6.45, 7) is 3.21. The molecule has 0 saturated heterocycles. The van der Waals surface area contributed by atoms with Crippen molar-refractivity contribution in [3.05, 3.63) is 85.2 Å². The molecule has 3 aromatic rings. The molecule has 0 atom stereocenters. The number of hydrogen-bond acceptors (Lipinski definition) is 4. The van der Waals surface area contributed by atoms with Gasteiger partial charge in [-0.2, -0.15) is 0 Å². The van der Waals surface area contributed by atoms with Crippen molar-refractivity contribution in [1.82, 2.24) is 10.3 Å². The van der Waals surface area contributed by atoms with Gasteiger partial charge in [-0.1, -0.05) is 6.07 Å². The topological polar surface area (TPSA) is 91.4 Å². The normalized spacial score (nSPS) is 10.8. The van der Waals surface area contributed by atoms with Crippen molar-refractivity contribution >= 4 is 21.8 Å². The highest BCUT2D eigenvalue weighted by molar-refractivity contribution is 9.10. The molecule has 9 heteroatoms. The van der Waals surface area contributed by atoms with Gasteiger partial charge in [0, 0.05) is 35.0 Å². The van der Waals surface area contributed by atoms with Crippen LogP contribution in [0, 0.1) is 25.5 Å². The standard InChI is InChI=1S/C23H21BrF2N2O4/c1-12-3-4-14(22(30)27-7-8-29)9-17(12)19-13(2)28-23(31)20(24)21(19)32-11-15-5-6-16(25)10-18(15)26/h3-6,9-10,29H,7-8,11H2,1-2H3,(H,27,30)(H,28,31). The van der Waals surface area contributed by atoms with Gasteiger partial charge in [0.25, 0.3) is 11.5 Å². The molecular formula is C23H21BrF2N2O4. The van der Waals surface area contributed by atoms with E-state index in [9.17, 15) is 18.4 Å². The van der Waals surface area contributed by atoms with Crippen molar-refractivity contribution in [2.24, 2.45) is 0 Å². The molecule has 0 aliphatic heterocycles. The molecule has 6 nitrogen and oxygen atoms in total. The van der Waals surface area contributed by atoms with Crippen LogP contribution >= 0.6 is 15.9 Å². The van der Waals surface area contributed by atoms with E-state index in [1.807, 2.05) is 6.92 Å². The monoisotopic (exact) mass is 506 g/mol. The van der Waals surface area contributed by atoms with Crippen LogP contribution in [-0.2, 0) is 6.61 Å². The summed E-state index contributed by atoms with van der Waals surface area (Å²) in [5.41, 5.74) is 2.49. The van der Waals surface area contributed by atoms with Gasteiger partial charge in [0.1, 0.15) is 28.5 Å². The Morgan fingerprint density at radius 3 is 2.62 bits per heavy atom. The number of H-pyrrole nitrogens is 1. The average molecular weight is 507 g/mol. The molecule has 0 radical (unpaired) electrons. The summed E-state index contributed by atoms with van der Waals surface area (Å²) in [7, 11) is 0. The van der Waals surface area contributed by atoms with Crippen LogP contribution in [0.5, 0.6) is 5.75 Å². The van der Waals surface area contributed by atoms with Crippen molar-refractivity contribution in [2.45, 2.75) is 20.5 Å². The van der Waals surface area contributed by atoms with Crippen molar-refractivity contribution < 1.29 is 23.4 Å². The maximum atomic E-state index is 14.1. The third-order valence-corrected chi connectivity index (χ3v) is 5.58. The first-order valence-corrected chi connectivity index (χ1v) is 10.5. The lowest BCUT2D eigenvalue weighted by molar-refractivity contribution is 0.0945. The van der Waals surface area contributed by atoms with Crippen LogP contribution in [0.3, 0.4) is 0 Å². The van der Waals surface area contributed by atoms with E-state index in [1.165, 1.54) is 6.07 Å². The van der Waals surface area contributed by atoms with Crippen LogP contribution in [0.1, 0.15) is 27.2 Å². The molecule has 0 spiro atoms. The Balaban J connectivity index is 2.08. The smallest absolute Gasteiger partial charge is 0.266 e. The highest BCUT2D eigenvalue weighted by Gasteiger charge is 2.20. The zero-order valence-electron chi connectivity index (χ0n) is 17.4. The lowest BCUT2D eigenvalue weighted by Crippen LogP contribution is -2.26. The molecule has 2 aromatic carbocycles. The van der Waals surface area contributed by atoms with Crippen LogP contribution in [0.2, 0.25) is 0 Å². The van der Waals surface area contributed by atoms with E-state index in [1.54, 1.807) is 25.1 Å². The average Bonchev–Trinajstić information content (AvgIpc) is 2.75. The van der Waals surface area contributed by atoms with Crippen molar-refractivity contribution in [1.29, 1.82) is 0 Å². The molecule has 168 valence electrons. The number of benzene rings is 2. The van der Waals surface area contributed by atoms with Crippen molar-refractivity contribution in [3.8, 4) is 16.9 Å². The first kappa shape index (κ1) is 23.6. The molecule has 1 heterocycles. The van der Waals surface area contributed by atoms with E-state index in [2.05, 4.69) is 26.2 Å². The summed E-state index contributed by atoms with van der Waals surface area (Å²) < 4.78 is 33.2. The third-order valence-electron chi connectivity index (χ3n) is 4.86. The summed E-state index contributed by atoms with van der Waals surface area (Å²) >= 11 is 3.24. The van der Waals surface area contributed by atoms with Crippen LogP contribution in [0.4, 0.5) is 8.78 Å². The largest absolute Gasteiger partial charge is 0.487 e. The number of rotatable bonds is 7. The minimum absolute atomic E-state index is 0.107. The number of aliphatic hydroxyl groups is 1. The predicted molar refractivity (Wildman–Crippen MR) is 120 cm³/mol. The van der Waals surface area contributed by atoms with Gasteiger partial charge >= 0.3 is 0 Å². The molecule has 0 aliphatic carbocycles. The fraction of sp³-hybridized carbons (Fsp3) is 0.217. The molecule has 3 N–H and O–H groups in total. The first-order chi connectivity index (χ1) is 15.2. The molecular weight excluding hydrogens is 486 g/mol. The number of ether oxygens (including phenoxy) is 1. The van der Waals surface area contributed by atoms with Crippen LogP contribution in [0.25, 0.3) is 11.1 Å². The summed E-state index contributed by atoms with van der Waals surface area (Å²) in [5.74, 6) is -1.65. The maximum absolute atomic E-state index is 14.1. The quantitative estimate of drug-likeness (QED) is 0.451. The summed E-state index contributed by atoms with van der Waals surface area (Å²) in [4.78, 5) is 27.5. The second-order valence-electron chi connectivity index (χ2n) is 7.13. The number of halogens is 3. The highest BCUT2D eigenvalue weighted by Crippen LogP contribution is 2.38. The van der Waals surface area contributed by atoms with Crippen molar-refractivity contribution in [2.75, 3.05) is 13.2 Å². The first-order valence-electron chi connectivity index (χ1n) is 9.72. The highest BCUT2D eigenvalue weighted by atomic mass is 79.9. The second kappa shape index (κ2) is 10.1. The number of aromatic nitrogens is 1. The molecule has 0 bridgehead atoms.